The Morgan fingerprint density at radius 1 is 0.963 bits per heavy atom. The Kier molecular flexibility index (Phi) is 4.60. The van der Waals surface area contributed by atoms with E-state index in [1.807, 2.05) is 32.9 Å². The van der Waals surface area contributed by atoms with E-state index in [1.54, 1.807) is 26.0 Å². The Balaban J connectivity index is 1.72. The van der Waals surface area contributed by atoms with E-state index in [0.717, 1.165) is 5.56 Å². The Hall–Kier alpha value is -0.790. The molecule has 1 N–H and O–H groups in total. The predicted molar refractivity (Wildman–Crippen MR) is 98.0 cm³/mol. The molecule has 0 bridgehead atoms. The number of hydrogen-bond donors (Lipinski definition) is 1. The van der Waals surface area contributed by atoms with Crippen LogP contribution in [0.1, 0.15) is 33.3 Å². The molecule has 3 fully saturated rings. The van der Waals surface area contributed by atoms with Gasteiger partial charge >= 0.3 is 0 Å². The van der Waals surface area contributed by atoms with E-state index in [4.69, 9.17) is 23.5 Å². The van der Waals surface area contributed by atoms with E-state index in [-0.39, 0.29) is 6.61 Å². The number of hydrogen-bond acceptors (Lipinski definition) is 7. The molecular formula is C19H27O7P. The SMILES string of the molecule is Cc1ccc(P2(=O)O[C@H]([C@H]3COC(C)(C)O3)[C@@H]3OC(C)(C)O[C@@H]3[C@@H]2O)cc1. The molecule has 6 atom stereocenters. The van der Waals surface area contributed by atoms with Gasteiger partial charge in [0.2, 0.25) is 0 Å². The van der Waals surface area contributed by atoms with E-state index in [0.29, 0.717) is 5.30 Å². The summed E-state index contributed by atoms with van der Waals surface area (Å²) >= 11 is 0. The molecule has 0 aliphatic carbocycles. The maximum Gasteiger partial charge on any atom is 0.262 e. The molecule has 0 radical (unpaired) electrons. The van der Waals surface area contributed by atoms with Crippen molar-refractivity contribution in [2.24, 2.45) is 0 Å². The summed E-state index contributed by atoms with van der Waals surface area (Å²) in [6.07, 6.45) is -2.55. The van der Waals surface area contributed by atoms with Crippen molar-refractivity contribution in [1.29, 1.82) is 0 Å². The van der Waals surface area contributed by atoms with Crippen molar-refractivity contribution < 1.29 is 33.1 Å². The molecule has 4 rings (SSSR count). The van der Waals surface area contributed by atoms with Crippen LogP contribution in [0.15, 0.2) is 24.3 Å². The first-order valence-corrected chi connectivity index (χ1v) is 10.9. The van der Waals surface area contributed by atoms with E-state index in [9.17, 15) is 9.67 Å². The third-order valence-corrected chi connectivity index (χ3v) is 7.76. The van der Waals surface area contributed by atoms with Crippen molar-refractivity contribution in [3.63, 3.8) is 0 Å². The fraction of sp³-hybridized carbons (Fsp3) is 0.684. The molecule has 3 saturated heterocycles. The molecule has 3 aliphatic rings. The summed E-state index contributed by atoms with van der Waals surface area (Å²) in [6, 6.07) is 7.15. The second-order valence-electron chi connectivity index (χ2n) is 8.35. The van der Waals surface area contributed by atoms with Gasteiger partial charge in [0.1, 0.15) is 24.4 Å². The highest BCUT2D eigenvalue weighted by Gasteiger charge is 2.62. The molecule has 1 unspecified atom stereocenters. The number of ether oxygens (including phenoxy) is 4. The van der Waals surface area contributed by atoms with Gasteiger partial charge < -0.3 is 28.6 Å². The molecule has 27 heavy (non-hydrogen) atoms. The Morgan fingerprint density at radius 3 is 2.19 bits per heavy atom. The quantitative estimate of drug-likeness (QED) is 0.766. The fourth-order valence-electron chi connectivity index (χ4n) is 3.92. The zero-order chi connectivity index (χ0) is 19.6. The largest absolute Gasteiger partial charge is 0.380 e. The van der Waals surface area contributed by atoms with Crippen molar-refractivity contribution >= 4 is 12.7 Å². The van der Waals surface area contributed by atoms with E-state index in [1.165, 1.54) is 0 Å². The van der Waals surface area contributed by atoms with Gasteiger partial charge in [0.15, 0.2) is 17.4 Å². The second-order valence-corrected chi connectivity index (χ2v) is 10.8. The van der Waals surface area contributed by atoms with Crippen LogP contribution in [-0.2, 0) is 28.0 Å². The first kappa shape index (κ1) is 19.5. The minimum absolute atomic E-state index is 0.286. The molecule has 0 aromatic heterocycles. The van der Waals surface area contributed by atoms with Crippen LogP contribution in [0.4, 0.5) is 0 Å². The van der Waals surface area contributed by atoms with Gasteiger partial charge in [-0.2, -0.15) is 0 Å². The van der Waals surface area contributed by atoms with Gasteiger partial charge in [0, 0.05) is 5.30 Å². The lowest BCUT2D eigenvalue weighted by Gasteiger charge is -2.41. The highest BCUT2D eigenvalue weighted by molar-refractivity contribution is 7.67. The molecule has 3 heterocycles. The van der Waals surface area contributed by atoms with Crippen molar-refractivity contribution in [2.45, 2.75) is 76.5 Å². The van der Waals surface area contributed by atoms with Gasteiger partial charge in [-0.1, -0.05) is 17.7 Å². The summed E-state index contributed by atoms with van der Waals surface area (Å²) in [7, 11) is -3.64. The molecular weight excluding hydrogens is 371 g/mol. The second kappa shape index (κ2) is 6.36. The molecule has 1 aromatic carbocycles. The molecule has 3 aliphatic heterocycles. The van der Waals surface area contributed by atoms with Crippen LogP contribution >= 0.6 is 7.37 Å². The number of benzene rings is 1. The van der Waals surface area contributed by atoms with E-state index >= 15 is 0 Å². The molecule has 0 saturated carbocycles. The topological polar surface area (TPSA) is 83.5 Å². The minimum Gasteiger partial charge on any atom is -0.380 e. The smallest absolute Gasteiger partial charge is 0.262 e. The normalized spacial score (nSPS) is 42.8. The highest BCUT2D eigenvalue weighted by Crippen LogP contribution is 2.60. The van der Waals surface area contributed by atoms with Gasteiger partial charge in [-0.3, -0.25) is 4.57 Å². The van der Waals surface area contributed by atoms with Gasteiger partial charge in [0.25, 0.3) is 7.37 Å². The lowest BCUT2D eigenvalue weighted by Crippen LogP contribution is -2.55. The molecule has 0 amide bonds. The predicted octanol–water partition coefficient (Wildman–Crippen LogP) is 2.29. The Labute approximate surface area is 159 Å². The van der Waals surface area contributed by atoms with Gasteiger partial charge in [-0.25, -0.2) is 0 Å². The molecule has 7 nitrogen and oxygen atoms in total. The van der Waals surface area contributed by atoms with Crippen LogP contribution in [0.3, 0.4) is 0 Å². The summed E-state index contributed by atoms with van der Waals surface area (Å²) in [5.41, 5.74) is 1.03. The molecule has 8 heteroatoms. The van der Waals surface area contributed by atoms with Gasteiger partial charge in [0.05, 0.1) is 6.61 Å². The highest BCUT2D eigenvalue weighted by atomic mass is 31.2. The standard InChI is InChI=1S/C19H27O7P/c1-11-6-8-12(9-7-11)27(21)17(20)16-15(24-19(4,5)25-16)14(26-27)13-10-22-18(2,3)23-13/h6-9,13-17,20H,10H2,1-5H3/t13-,14-,15+,16+,17-,27?/m1/s1. The van der Waals surface area contributed by atoms with Crippen molar-refractivity contribution in [2.75, 3.05) is 6.61 Å². The maximum atomic E-state index is 13.9. The van der Waals surface area contributed by atoms with Gasteiger partial charge in [-0.05, 0) is 46.8 Å². The lowest BCUT2D eigenvalue weighted by molar-refractivity contribution is -0.174. The number of rotatable bonds is 2. The first-order valence-electron chi connectivity index (χ1n) is 9.22. The van der Waals surface area contributed by atoms with Crippen LogP contribution in [-0.4, -0.2) is 53.5 Å². The average Bonchev–Trinajstić information content (AvgIpc) is 3.10. The third kappa shape index (κ3) is 3.40. The van der Waals surface area contributed by atoms with Gasteiger partial charge in [-0.15, -0.1) is 0 Å². The van der Waals surface area contributed by atoms with E-state index in [2.05, 4.69) is 0 Å². The van der Waals surface area contributed by atoms with Crippen molar-refractivity contribution in [3.8, 4) is 0 Å². The molecule has 150 valence electrons. The number of aliphatic hydroxyl groups is 1. The molecule has 0 spiro atoms. The van der Waals surface area contributed by atoms with Crippen molar-refractivity contribution in [3.05, 3.63) is 29.8 Å². The summed E-state index contributed by atoms with van der Waals surface area (Å²) in [6.45, 7) is 9.40. The molecule has 1 aromatic rings. The summed E-state index contributed by atoms with van der Waals surface area (Å²) in [4.78, 5) is 0. The monoisotopic (exact) mass is 398 g/mol. The van der Waals surface area contributed by atoms with Crippen LogP contribution in [0.25, 0.3) is 0 Å². The van der Waals surface area contributed by atoms with Crippen LogP contribution < -0.4 is 5.30 Å². The summed E-state index contributed by atoms with van der Waals surface area (Å²) in [5.74, 6) is -3.00. The summed E-state index contributed by atoms with van der Waals surface area (Å²) < 4.78 is 43.5. The van der Waals surface area contributed by atoms with Crippen molar-refractivity contribution in [1.82, 2.24) is 0 Å². The Morgan fingerprint density at radius 2 is 1.59 bits per heavy atom. The first-order chi connectivity index (χ1) is 12.5. The Bertz CT molecular complexity index is 760. The van der Waals surface area contributed by atoms with Crippen LogP contribution in [0.5, 0.6) is 0 Å². The maximum absolute atomic E-state index is 13.9. The van der Waals surface area contributed by atoms with Crippen LogP contribution in [0.2, 0.25) is 0 Å². The fourth-order valence-corrected chi connectivity index (χ4v) is 6.27. The van der Waals surface area contributed by atoms with E-state index < -0.39 is 49.2 Å². The minimum atomic E-state index is -3.64. The lowest BCUT2D eigenvalue weighted by atomic mass is 10.0. The third-order valence-electron chi connectivity index (χ3n) is 5.20. The zero-order valence-electron chi connectivity index (χ0n) is 16.2. The number of aryl methyl sites for hydroxylation is 1. The zero-order valence-corrected chi connectivity index (χ0v) is 17.1. The number of fused-ring (bicyclic) bond motifs is 1. The number of aliphatic hydroxyl groups excluding tert-OH is 1. The average molecular weight is 398 g/mol. The van der Waals surface area contributed by atoms with Crippen LogP contribution in [0, 0.1) is 6.92 Å². The summed E-state index contributed by atoms with van der Waals surface area (Å²) in [5, 5.41) is 11.4.